The second kappa shape index (κ2) is 8.42. The predicted octanol–water partition coefficient (Wildman–Crippen LogP) is 5.60. The van der Waals surface area contributed by atoms with Gasteiger partial charge in [0.05, 0.1) is 11.9 Å². The first kappa shape index (κ1) is 17.8. The lowest BCUT2D eigenvalue weighted by Crippen LogP contribution is -2.18. The standard InChI is InChI=1S/C22H17N5/c1-2-27-12-11-19(21-5-3-4-6-22(21)27)16-25-26-20-9-7-17(8-10-20)13-18(14-23)15-24/h3-13,16H,2H2,1H3/b19-16-,26-25?. The van der Waals surface area contributed by atoms with E-state index in [1.165, 1.54) is 6.08 Å². The van der Waals surface area contributed by atoms with Crippen molar-refractivity contribution in [2.75, 3.05) is 11.4 Å². The summed E-state index contributed by atoms with van der Waals surface area (Å²) in [7, 11) is 0. The zero-order valence-corrected chi connectivity index (χ0v) is 14.9. The predicted molar refractivity (Wildman–Crippen MR) is 107 cm³/mol. The van der Waals surface area contributed by atoms with Crippen molar-refractivity contribution in [2.24, 2.45) is 10.2 Å². The first-order valence-electron chi connectivity index (χ1n) is 8.52. The Hall–Kier alpha value is -3.96. The second-order valence-corrected chi connectivity index (χ2v) is 5.79. The molecule has 5 nitrogen and oxygen atoms in total. The maximum atomic E-state index is 8.79. The van der Waals surface area contributed by atoms with Gasteiger partial charge >= 0.3 is 0 Å². The van der Waals surface area contributed by atoms with Crippen LogP contribution in [0.3, 0.4) is 0 Å². The molecule has 0 spiro atoms. The number of hydrogen-bond acceptors (Lipinski definition) is 5. The van der Waals surface area contributed by atoms with Crippen LogP contribution in [0.5, 0.6) is 0 Å². The molecule has 27 heavy (non-hydrogen) atoms. The fourth-order valence-corrected chi connectivity index (χ4v) is 2.75. The van der Waals surface area contributed by atoms with Gasteiger partial charge in [-0.15, -0.1) is 0 Å². The van der Waals surface area contributed by atoms with Crippen LogP contribution in [0.2, 0.25) is 0 Å². The van der Waals surface area contributed by atoms with Gasteiger partial charge in [0, 0.05) is 29.6 Å². The topological polar surface area (TPSA) is 75.5 Å². The van der Waals surface area contributed by atoms with Crippen molar-refractivity contribution in [2.45, 2.75) is 6.92 Å². The van der Waals surface area contributed by atoms with E-state index < -0.39 is 0 Å². The number of rotatable bonds is 4. The summed E-state index contributed by atoms with van der Waals surface area (Å²) < 4.78 is 0. The summed E-state index contributed by atoms with van der Waals surface area (Å²) in [6, 6.07) is 19.1. The van der Waals surface area contributed by atoms with Gasteiger partial charge in [0.15, 0.2) is 0 Å². The highest BCUT2D eigenvalue weighted by molar-refractivity contribution is 5.86. The molecule has 0 N–H and O–H groups in total. The smallest absolute Gasteiger partial charge is 0.130 e. The summed E-state index contributed by atoms with van der Waals surface area (Å²) in [6.07, 6.45) is 7.36. The fourth-order valence-electron chi connectivity index (χ4n) is 2.75. The van der Waals surface area contributed by atoms with Gasteiger partial charge in [0.1, 0.15) is 17.7 Å². The molecule has 0 aliphatic carbocycles. The third-order valence-electron chi connectivity index (χ3n) is 4.11. The van der Waals surface area contributed by atoms with Crippen LogP contribution in [-0.4, -0.2) is 6.54 Å². The SMILES string of the molecule is CCN1C=C/C(=C/N=Nc2ccc(C=C(C#N)C#N)cc2)c2ccccc21. The van der Waals surface area contributed by atoms with Crippen LogP contribution < -0.4 is 4.90 Å². The van der Waals surface area contributed by atoms with Crippen LogP contribution in [0.15, 0.2) is 82.8 Å². The van der Waals surface area contributed by atoms with Gasteiger partial charge in [0.2, 0.25) is 0 Å². The number of hydrogen-bond donors (Lipinski definition) is 0. The van der Waals surface area contributed by atoms with E-state index in [2.05, 4.69) is 34.2 Å². The van der Waals surface area contributed by atoms with E-state index >= 15 is 0 Å². The van der Waals surface area contributed by atoms with Gasteiger partial charge in [0.25, 0.3) is 0 Å². The minimum atomic E-state index is 0.0676. The van der Waals surface area contributed by atoms with E-state index in [0.29, 0.717) is 5.69 Å². The van der Waals surface area contributed by atoms with Gasteiger partial charge in [-0.3, -0.25) is 0 Å². The molecule has 0 saturated heterocycles. The average molecular weight is 351 g/mol. The molecule has 0 amide bonds. The zero-order chi connectivity index (χ0) is 19.1. The summed E-state index contributed by atoms with van der Waals surface area (Å²) >= 11 is 0. The summed E-state index contributed by atoms with van der Waals surface area (Å²) in [4.78, 5) is 2.19. The van der Waals surface area contributed by atoms with Gasteiger partial charge < -0.3 is 4.90 Å². The van der Waals surface area contributed by atoms with Gasteiger partial charge in [-0.2, -0.15) is 20.8 Å². The number of fused-ring (bicyclic) bond motifs is 1. The minimum absolute atomic E-state index is 0.0676. The molecule has 1 heterocycles. The minimum Gasteiger partial charge on any atom is -0.348 e. The van der Waals surface area contributed by atoms with E-state index in [-0.39, 0.29) is 5.57 Å². The molecule has 2 aromatic rings. The molecule has 5 heteroatoms. The Labute approximate surface area is 158 Å². The van der Waals surface area contributed by atoms with Crippen LogP contribution >= 0.6 is 0 Å². The second-order valence-electron chi connectivity index (χ2n) is 5.79. The third-order valence-corrected chi connectivity index (χ3v) is 4.11. The van der Waals surface area contributed by atoms with Crippen LogP contribution in [0.25, 0.3) is 11.6 Å². The Morgan fingerprint density at radius 2 is 1.81 bits per heavy atom. The van der Waals surface area contributed by atoms with Gasteiger partial charge in [-0.25, -0.2) is 0 Å². The average Bonchev–Trinajstić information content (AvgIpc) is 2.73. The molecule has 0 atom stereocenters. The molecule has 0 unspecified atom stereocenters. The molecular formula is C22H17N5. The van der Waals surface area contributed by atoms with Gasteiger partial charge in [-0.1, -0.05) is 30.3 Å². The molecule has 0 fully saturated rings. The Morgan fingerprint density at radius 3 is 2.52 bits per heavy atom. The Balaban J connectivity index is 1.79. The van der Waals surface area contributed by atoms with Crippen molar-refractivity contribution in [1.29, 1.82) is 10.5 Å². The molecule has 0 radical (unpaired) electrons. The van der Waals surface area contributed by atoms with E-state index in [9.17, 15) is 0 Å². The fraction of sp³-hybridized carbons (Fsp3) is 0.0909. The van der Waals surface area contributed by atoms with Crippen molar-refractivity contribution in [3.63, 3.8) is 0 Å². The highest BCUT2D eigenvalue weighted by atomic mass is 15.1. The van der Waals surface area contributed by atoms with Crippen LogP contribution in [0.4, 0.5) is 11.4 Å². The maximum absolute atomic E-state index is 8.79. The molecule has 1 aliphatic rings. The van der Waals surface area contributed by atoms with Crippen LogP contribution in [-0.2, 0) is 0 Å². The molecule has 0 aromatic heterocycles. The molecular weight excluding hydrogens is 334 g/mol. The van der Waals surface area contributed by atoms with E-state index in [1.807, 2.05) is 36.5 Å². The Bertz CT molecular complexity index is 1010. The molecule has 0 saturated carbocycles. The molecule has 3 rings (SSSR count). The van der Waals surface area contributed by atoms with Crippen molar-refractivity contribution >= 4 is 23.0 Å². The number of benzene rings is 2. The lowest BCUT2D eigenvalue weighted by atomic mass is 10.0. The quantitative estimate of drug-likeness (QED) is 0.532. The van der Waals surface area contributed by atoms with Gasteiger partial charge in [-0.05, 0) is 42.8 Å². The molecule has 130 valence electrons. The number of allylic oxidation sites excluding steroid dienone is 3. The molecule has 1 aliphatic heterocycles. The Morgan fingerprint density at radius 1 is 1.07 bits per heavy atom. The van der Waals surface area contributed by atoms with Crippen molar-refractivity contribution in [3.8, 4) is 12.1 Å². The lowest BCUT2D eigenvalue weighted by Gasteiger charge is -2.25. The molecule has 2 aromatic carbocycles. The number of azo groups is 1. The first-order valence-corrected chi connectivity index (χ1v) is 8.52. The highest BCUT2D eigenvalue weighted by Crippen LogP contribution is 2.32. The van der Waals surface area contributed by atoms with Crippen molar-refractivity contribution in [3.05, 3.63) is 83.7 Å². The monoisotopic (exact) mass is 351 g/mol. The number of para-hydroxylation sites is 1. The lowest BCUT2D eigenvalue weighted by molar-refractivity contribution is 1.01. The normalized spacial score (nSPS) is 13.9. The van der Waals surface area contributed by atoms with Crippen LogP contribution in [0.1, 0.15) is 18.1 Å². The summed E-state index contributed by atoms with van der Waals surface area (Å²) in [6.45, 7) is 3.02. The van der Waals surface area contributed by atoms with Crippen LogP contribution in [0, 0.1) is 22.7 Å². The maximum Gasteiger partial charge on any atom is 0.130 e. The summed E-state index contributed by atoms with van der Waals surface area (Å²) in [5.41, 5.74) is 4.83. The Kier molecular flexibility index (Phi) is 5.57. The first-order chi connectivity index (χ1) is 13.2. The van der Waals surface area contributed by atoms with E-state index in [1.54, 1.807) is 30.5 Å². The number of anilines is 1. The largest absolute Gasteiger partial charge is 0.348 e. The number of nitriles is 2. The summed E-state index contributed by atoms with van der Waals surface area (Å²) in [5, 5.41) is 26.0. The molecule has 0 bridgehead atoms. The van der Waals surface area contributed by atoms with Crippen molar-refractivity contribution < 1.29 is 0 Å². The third kappa shape index (κ3) is 4.18. The highest BCUT2D eigenvalue weighted by Gasteiger charge is 2.13. The summed E-state index contributed by atoms with van der Waals surface area (Å²) in [5.74, 6) is 0. The number of nitrogens with zero attached hydrogens (tertiary/aromatic N) is 5. The van der Waals surface area contributed by atoms with E-state index in [4.69, 9.17) is 10.5 Å². The zero-order valence-electron chi connectivity index (χ0n) is 14.9. The van der Waals surface area contributed by atoms with E-state index in [0.717, 1.165) is 28.9 Å². The van der Waals surface area contributed by atoms with Crippen molar-refractivity contribution in [1.82, 2.24) is 0 Å².